The van der Waals surface area contributed by atoms with Gasteiger partial charge in [-0.2, -0.15) is 0 Å². The number of aryl methyl sites for hydroxylation is 1. The van der Waals surface area contributed by atoms with Crippen molar-refractivity contribution in [1.29, 1.82) is 0 Å². The van der Waals surface area contributed by atoms with Gasteiger partial charge in [0.25, 0.3) is 0 Å². The van der Waals surface area contributed by atoms with Gasteiger partial charge in [-0.3, -0.25) is 4.79 Å². The standard InChI is InChI=1S/C17H26N2O/c1-2-13-6-8-14(9-7-13)10-11-19-17(20)16-5-3-4-15(16)12-18/h6-9,15-16H,2-5,10-12,18H2,1H3,(H,19,20)/t15-,16-/m1/s1. The van der Waals surface area contributed by atoms with Gasteiger partial charge < -0.3 is 11.1 Å². The Balaban J connectivity index is 1.76. The zero-order chi connectivity index (χ0) is 14.4. The third-order valence-corrected chi connectivity index (χ3v) is 4.44. The largest absolute Gasteiger partial charge is 0.356 e. The van der Waals surface area contributed by atoms with E-state index in [1.54, 1.807) is 0 Å². The Morgan fingerprint density at radius 2 is 1.95 bits per heavy atom. The minimum absolute atomic E-state index is 0.141. The Kier molecular flexibility index (Phi) is 5.60. The van der Waals surface area contributed by atoms with E-state index >= 15 is 0 Å². The summed E-state index contributed by atoms with van der Waals surface area (Å²) in [6, 6.07) is 8.64. The second-order valence-electron chi connectivity index (χ2n) is 5.74. The van der Waals surface area contributed by atoms with Crippen LogP contribution in [-0.4, -0.2) is 19.0 Å². The molecule has 0 spiro atoms. The molecule has 20 heavy (non-hydrogen) atoms. The highest BCUT2D eigenvalue weighted by Gasteiger charge is 2.31. The molecule has 2 rings (SSSR count). The molecule has 0 radical (unpaired) electrons. The van der Waals surface area contributed by atoms with Gasteiger partial charge in [0.05, 0.1) is 0 Å². The molecular weight excluding hydrogens is 248 g/mol. The van der Waals surface area contributed by atoms with Crippen molar-refractivity contribution in [2.45, 2.75) is 39.0 Å². The quantitative estimate of drug-likeness (QED) is 0.836. The normalized spacial score (nSPS) is 21.9. The van der Waals surface area contributed by atoms with Gasteiger partial charge in [-0.15, -0.1) is 0 Å². The molecule has 110 valence electrons. The van der Waals surface area contributed by atoms with E-state index in [0.29, 0.717) is 12.5 Å². The molecule has 0 bridgehead atoms. The highest BCUT2D eigenvalue weighted by molar-refractivity contribution is 5.79. The first-order chi connectivity index (χ1) is 9.74. The van der Waals surface area contributed by atoms with Crippen LogP contribution in [0.1, 0.15) is 37.3 Å². The van der Waals surface area contributed by atoms with Crippen LogP contribution in [0, 0.1) is 11.8 Å². The van der Waals surface area contributed by atoms with Crippen LogP contribution in [0.3, 0.4) is 0 Å². The van der Waals surface area contributed by atoms with E-state index in [2.05, 4.69) is 36.5 Å². The number of rotatable bonds is 6. The van der Waals surface area contributed by atoms with Crippen LogP contribution in [0.4, 0.5) is 0 Å². The Labute approximate surface area is 121 Å². The topological polar surface area (TPSA) is 55.1 Å². The average Bonchev–Trinajstić information content (AvgIpc) is 2.96. The molecule has 1 aliphatic rings. The highest BCUT2D eigenvalue weighted by Crippen LogP contribution is 2.30. The number of carbonyl (C=O) groups is 1. The van der Waals surface area contributed by atoms with Gasteiger partial charge in [0, 0.05) is 12.5 Å². The smallest absolute Gasteiger partial charge is 0.223 e. The van der Waals surface area contributed by atoms with Crippen molar-refractivity contribution in [3.63, 3.8) is 0 Å². The summed E-state index contributed by atoms with van der Waals surface area (Å²) in [6.07, 6.45) is 5.21. The first-order valence-corrected chi connectivity index (χ1v) is 7.80. The van der Waals surface area contributed by atoms with Gasteiger partial charge in [0.2, 0.25) is 5.91 Å². The minimum Gasteiger partial charge on any atom is -0.356 e. The lowest BCUT2D eigenvalue weighted by atomic mass is 9.95. The predicted octanol–water partition coefficient (Wildman–Crippen LogP) is 2.28. The maximum atomic E-state index is 12.1. The zero-order valence-corrected chi connectivity index (χ0v) is 12.4. The van der Waals surface area contributed by atoms with Crippen LogP contribution in [-0.2, 0) is 17.6 Å². The van der Waals surface area contributed by atoms with E-state index in [9.17, 15) is 4.79 Å². The molecular formula is C17H26N2O. The number of amides is 1. The first-order valence-electron chi connectivity index (χ1n) is 7.80. The van der Waals surface area contributed by atoms with Crippen LogP contribution in [0.5, 0.6) is 0 Å². The van der Waals surface area contributed by atoms with Gasteiger partial charge in [0.1, 0.15) is 0 Å². The van der Waals surface area contributed by atoms with Gasteiger partial charge in [-0.25, -0.2) is 0 Å². The molecule has 0 aliphatic heterocycles. The summed E-state index contributed by atoms with van der Waals surface area (Å²) in [7, 11) is 0. The first kappa shape index (κ1) is 15.0. The van der Waals surface area contributed by atoms with Crippen molar-refractivity contribution in [2.75, 3.05) is 13.1 Å². The fourth-order valence-corrected chi connectivity index (χ4v) is 3.07. The lowest BCUT2D eigenvalue weighted by molar-refractivity contribution is -0.125. The monoisotopic (exact) mass is 274 g/mol. The van der Waals surface area contributed by atoms with E-state index in [1.165, 1.54) is 11.1 Å². The van der Waals surface area contributed by atoms with Crippen molar-refractivity contribution >= 4 is 5.91 Å². The van der Waals surface area contributed by atoms with E-state index in [1.807, 2.05) is 0 Å². The van der Waals surface area contributed by atoms with Crippen molar-refractivity contribution in [3.8, 4) is 0 Å². The number of hydrogen-bond acceptors (Lipinski definition) is 2. The maximum absolute atomic E-state index is 12.1. The van der Waals surface area contributed by atoms with Crippen LogP contribution < -0.4 is 11.1 Å². The van der Waals surface area contributed by atoms with Crippen molar-refractivity contribution < 1.29 is 4.79 Å². The molecule has 1 aromatic rings. The fraction of sp³-hybridized carbons (Fsp3) is 0.588. The summed E-state index contributed by atoms with van der Waals surface area (Å²) >= 11 is 0. The van der Waals surface area contributed by atoms with Crippen molar-refractivity contribution in [1.82, 2.24) is 5.32 Å². The highest BCUT2D eigenvalue weighted by atomic mass is 16.1. The van der Waals surface area contributed by atoms with E-state index < -0.39 is 0 Å². The Morgan fingerprint density at radius 1 is 1.25 bits per heavy atom. The predicted molar refractivity (Wildman–Crippen MR) is 82.4 cm³/mol. The molecule has 3 N–H and O–H groups in total. The Morgan fingerprint density at radius 3 is 2.60 bits per heavy atom. The van der Waals surface area contributed by atoms with Crippen LogP contribution >= 0.6 is 0 Å². The molecule has 1 aromatic carbocycles. The maximum Gasteiger partial charge on any atom is 0.223 e. The Bertz CT molecular complexity index is 427. The number of hydrogen-bond donors (Lipinski definition) is 2. The molecule has 1 fully saturated rings. The second-order valence-corrected chi connectivity index (χ2v) is 5.74. The summed E-state index contributed by atoms with van der Waals surface area (Å²) in [5.41, 5.74) is 8.37. The molecule has 3 heteroatoms. The average molecular weight is 274 g/mol. The molecule has 0 aromatic heterocycles. The molecule has 1 amide bonds. The van der Waals surface area contributed by atoms with Crippen LogP contribution in [0.25, 0.3) is 0 Å². The molecule has 1 aliphatic carbocycles. The zero-order valence-electron chi connectivity index (χ0n) is 12.4. The molecule has 0 unspecified atom stereocenters. The number of nitrogens with one attached hydrogen (secondary N) is 1. The third-order valence-electron chi connectivity index (χ3n) is 4.44. The fourth-order valence-electron chi connectivity index (χ4n) is 3.07. The van der Waals surface area contributed by atoms with E-state index in [-0.39, 0.29) is 11.8 Å². The van der Waals surface area contributed by atoms with Crippen LogP contribution in [0.15, 0.2) is 24.3 Å². The van der Waals surface area contributed by atoms with Crippen molar-refractivity contribution in [3.05, 3.63) is 35.4 Å². The molecule has 3 nitrogen and oxygen atoms in total. The van der Waals surface area contributed by atoms with Crippen molar-refractivity contribution in [2.24, 2.45) is 17.6 Å². The molecule has 1 saturated carbocycles. The van der Waals surface area contributed by atoms with E-state index in [0.717, 1.165) is 38.6 Å². The lowest BCUT2D eigenvalue weighted by Crippen LogP contribution is -2.36. The van der Waals surface area contributed by atoms with E-state index in [4.69, 9.17) is 5.73 Å². The molecule has 0 saturated heterocycles. The summed E-state index contributed by atoms with van der Waals surface area (Å²) < 4.78 is 0. The number of carbonyl (C=O) groups excluding carboxylic acids is 1. The number of nitrogens with two attached hydrogens (primary N) is 1. The summed E-state index contributed by atoms with van der Waals surface area (Å²) in [5, 5.41) is 3.07. The molecule has 2 atom stereocenters. The van der Waals surface area contributed by atoms with Gasteiger partial charge in [-0.1, -0.05) is 37.6 Å². The van der Waals surface area contributed by atoms with Gasteiger partial charge in [-0.05, 0) is 49.3 Å². The second kappa shape index (κ2) is 7.44. The number of benzene rings is 1. The van der Waals surface area contributed by atoms with Gasteiger partial charge in [0.15, 0.2) is 0 Å². The molecule has 0 heterocycles. The summed E-state index contributed by atoms with van der Waals surface area (Å²) in [5.74, 6) is 0.726. The minimum atomic E-state index is 0.141. The van der Waals surface area contributed by atoms with Gasteiger partial charge >= 0.3 is 0 Å². The summed E-state index contributed by atoms with van der Waals surface area (Å²) in [4.78, 5) is 12.1. The summed E-state index contributed by atoms with van der Waals surface area (Å²) in [6.45, 7) is 3.51. The Hall–Kier alpha value is -1.35. The van der Waals surface area contributed by atoms with Crippen LogP contribution in [0.2, 0.25) is 0 Å². The third kappa shape index (κ3) is 3.83. The lowest BCUT2D eigenvalue weighted by Gasteiger charge is -2.17. The SMILES string of the molecule is CCc1ccc(CCNC(=O)[C@@H]2CCC[C@@H]2CN)cc1.